The molecule has 0 aliphatic carbocycles. The summed E-state index contributed by atoms with van der Waals surface area (Å²) in [6.07, 6.45) is -0.390. The molecule has 2 rings (SSSR count). The Morgan fingerprint density at radius 3 is 2.39 bits per heavy atom. The van der Waals surface area contributed by atoms with Crippen molar-refractivity contribution in [3.05, 3.63) is 65.7 Å². The van der Waals surface area contributed by atoms with E-state index in [0.29, 0.717) is 5.69 Å². The van der Waals surface area contributed by atoms with Crippen LogP contribution in [0.15, 0.2) is 54.6 Å². The maximum absolute atomic E-state index is 12.4. The molecule has 0 aromatic heterocycles. The fourth-order valence-corrected chi connectivity index (χ4v) is 2.37. The van der Waals surface area contributed by atoms with Crippen LogP contribution in [-0.4, -0.2) is 29.7 Å². The fourth-order valence-electron chi connectivity index (χ4n) is 2.37. The van der Waals surface area contributed by atoms with Gasteiger partial charge in [0, 0.05) is 18.2 Å². The van der Waals surface area contributed by atoms with Gasteiger partial charge in [-0.15, -0.1) is 0 Å². The number of ether oxygens (including phenoxy) is 1. The van der Waals surface area contributed by atoms with Gasteiger partial charge in [-0.3, -0.25) is 19.2 Å². The first-order valence-corrected chi connectivity index (χ1v) is 8.52. The van der Waals surface area contributed by atoms with Crippen molar-refractivity contribution in [2.45, 2.75) is 26.0 Å². The van der Waals surface area contributed by atoms with Gasteiger partial charge in [0.25, 0.3) is 5.91 Å². The molecule has 1 atom stereocenters. The quantitative estimate of drug-likeness (QED) is 0.593. The molecule has 0 saturated carbocycles. The molecule has 8 heteroatoms. The van der Waals surface area contributed by atoms with E-state index in [4.69, 9.17) is 10.5 Å². The normalized spacial score (nSPS) is 11.2. The highest BCUT2D eigenvalue weighted by Gasteiger charge is 2.23. The zero-order valence-electron chi connectivity index (χ0n) is 15.3. The summed E-state index contributed by atoms with van der Waals surface area (Å²) >= 11 is 0. The van der Waals surface area contributed by atoms with Crippen LogP contribution < -0.4 is 16.4 Å². The zero-order chi connectivity index (χ0) is 20.5. The summed E-state index contributed by atoms with van der Waals surface area (Å²) in [7, 11) is 0. The Labute approximate surface area is 162 Å². The third-order valence-corrected chi connectivity index (χ3v) is 3.71. The second-order valence-corrected chi connectivity index (χ2v) is 6.04. The molecule has 3 amide bonds. The number of amides is 3. The molecule has 0 aliphatic heterocycles. The number of rotatable bonds is 8. The summed E-state index contributed by atoms with van der Waals surface area (Å²) in [5.74, 6) is -2.41. The van der Waals surface area contributed by atoms with E-state index in [-0.39, 0.29) is 24.5 Å². The summed E-state index contributed by atoms with van der Waals surface area (Å²) in [4.78, 5) is 47.1. The lowest BCUT2D eigenvalue weighted by atomic mass is 10.1. The largest absolute Gasteiger partial charge is 0.461 e. The van der Waals surface area contributed by atoms with E-state index in [0.717, 1.165) is 5.56 Å². The Morgan fingerprint density at radius 2 is 1.75 bits per heavy atom. The summed E-state index contributed by atoms with van der Waals surface area (Å²) in [6.45, 7) is 1.40. The SMILES string of the molecule is CC(=O)Nc1cccc(C(=O)N[C@H](CC(=O)OCc2ccccc2)C(N)=O)c1. The first kappa shape index (κ1) is 20.6. The van der Waals surface area contributed by atoms with E-state index >= 15 is 0 Å². The molecule has 0 fully saturated rings. The van der Waals surface area contributed by atoms with E-state index in [2.05, 4.69) is 10.6 Å². The van der Waals surface area contributed by atoms with Gasteiger partial charge in [0.15, 0.2) is 0 Å². The average Bonchev–Trinajstić information content (AvgIpc) is 2.66. The highest BCUT2D eigenvalue weighted by Crippen LogP contribution is 2.11. The highest BCUT2D eigenvalue weighted by atomic mass is 16.5. The molecular formula is C20H21N3O5. The van der Waals surface area contributed by atoms with Gasteiger partial charge >= 0.3 is 5.97 Å². The van der Waals surface area contributed by atoms with Gasteiger partial charge in [-0.05, 0) is 23.8 Å². The lowest BCUT2D eigenvalue weighted by molar-refractivity contribution is -0.146. The third-order valence-electron chi connectivity index (χ3n) is 3.71. The molecule has 0 spiro atoms. The van der Waals surface area contributed by atoms with Gasteiger partial charge in [0.05, 0.1) is 6.42 Å². The minimum absolute atomic E-state index is 0.0534. The molecular weight excluding hydrogens is 362 g/mol. The van der Waals surface area contributed by atoms with Gasteiger partial charge in [-0.1, -0.05) is 36.4 Å². The summed E-state index contributed by atoms with van der Waals surface area (Å²) in [5.41, 5.74) is 6.73. The van der Waals surface area contributed by atoms with Crippen molar-refractivity contribution in [1.82, 2.24) is 5.32 Å². The molecule has 2 aromatic carbocycles. The number of nitrogens with two attached hydrogens (primary N) is 1. The fraction of sp³-hybridized carbons (Fsp3) is 0.200. The lowest BCUT2D eigenvalue weighted by Gasteiger charge is -2.15. The first-order valence-electron chi connectivity index (χ1n) is 8.52. The summed E-state index contributed by atoms with van der Waals surface area (Å²) in [6, 6.07) is 14.0. The Balaban J connectivity index is 1.96. The highest BCUT2D eigenvalue weighted by molar-refractivity contribution is 5.99. The number of esters is 1. The summed E-state index contributed by atoms with van der Waals surface area (Å²) < 4.78 is 5.11. The van der Waals surface area contributed by atoms with E-state index in [1.165, 1.54) is 19.1 Å². The van der Waals surface area contributed by atoms with E-state index < -0.39 is 23.8 Å². The van der Waals surface area contributed by atoms with Crippen molar-refractivity contribution in [2.75, 3.05) is 5.32 Å². The molecule has 2 aromatic rings. The molecule has 8 nitrogen and oxygen atoms in total. The van der Waals surface area contributed by atoms with Crippen molar-refractivity contribution in [3.8, 4) is 0 Å². The van der Waals surface area contributed by atoms with Crippen molar-refractivity contribution in [2.24, 2.45) is 5.73 Å². The smallest absolute Gasteiger partial charge is 0.308 e. The maximum Gasteiger partial charge on any atom is 0.308 e. The molecule has 28 heavy (non-hydrogen) atoms. The topological polar surface area (TPSA) is 128 Å². The predicted molar refractivity (Wildman–Crippen MR) is 102 cm³/mol. The lowest BCUT2D eigenvalue weighted by Crippen LogP contribution is -2.45. The number of nitrogens with one attached hydrogen (secondary N) is 2. The van der Waals surface area contributed by atoms with Crippen LogP contribution in [-0.2, 0) is 25.7 Å². The van der Waals surface area contributed by atoms with Crippen molar-refractivity contribution >= 4 is 29.4 Å². The van der Waals surface area contributed by atoms with Crippen molar-refractivity contribution < 1.29 is 23.9 Å². The minimum Gasteiger partial charge on any atom is -0.461 e. The van der Waals surface area contributed by atoms with Crippen LogP contribution in [0.4, 0.5) is 5.69 Å². The Hall–Kier alpha value is -3.68. The van der Waals surface area contributed by atoms with Crippen molar-refractivity contribution in [1.29, 1.82) is 0 Å². The van der Waals surface area contributed by atoms with Gasteiger partial charge in [-0.25, -0.2) is 0 Å². The molecule has 0 unspecified atom stereocenters. The number of hydrogen-bond donors (Lipinski definition) is 3. The monoisotopic (exact) mass is 383 g/mol. The number of primary amides is 1. The van der Waals surface area contributed by atoms with Crippen LogP contribution in [0.2, 0.25) is 0 Å². The summed E-state index contributed by atoms with van der Waals surface area (Å²) in [5, 5.41) is 4.97. The Kier molecular flexibility index (Phi) is 7.27. The first-order chi connectivity index (χ1) is 13.3. The predicted octanol–water partition coefficient (Wildman–Crippen LogP) is 1.36. The van der Waals surface area contributed by atoms with Crippen LogP contribution in [0, 0.1) is 0 Å². The van der Waals surface area contributed by atoms with Gasteiger partial charge in [0.2, 0.25) is 11.8 Å². The van der Waals surface area contributed by atoms with Gasteiger partial charge in [0.1, 0.15) is 12.6 Å². The second kappa shape index (κ2) is 9.86. The minimum atomic E-state index is -1.22. The molecule has 4 N–H and O–H groups in total. The van der Waals surface area contributed by atoms with Gasteiger partial charge in [-0.2, -0.15) is 0 Å². The van der Waals surface area contributed by atoms with E-state index in [9.17, 15) is 19.2 Å². The molecule has 0 bridgehead atoms. The van der Waals surface area contributed by atoms with Crippen LogP contribution in [0.25, 0.3) is 0 Å². The molecule has 146 valence electrons. The number of carbonyl (C=O) groups is 4. The maximum atomic E-state index is 12.4. The molecule has 0 heterocycles. The number of hydrogen-bond acceptors (Lipinski definition) is 5. The molecule has 0 radical (unpaired) electrons. The van der Waals surface area contributed by atoms with E-state index in [1.54, 1.807) is 24.3 Å². The zero-order valence-corrected chi connectivity index (χ0v) is 15.3. The molecule has 0 aliphatic rings. The van der Waals surface area contributed by atoms with Crippen LogP contribution in [0.1, 0.15) is 29.3 Å². The van der Waals surface area contributed by atoms with Gasteiger partial charge < -0.3 is 21.1 Å². The Morgan fingerprint density at radius 1 is 1.04 bits per heavy atom. The number of anilines is 1. The van der Waals surface area contributed by atoms with E-state index in [1.807, 2.05) is 18.2 Å². The van der Waals surface area contributed by atoms with Crippen LogP contribution in [0.5, 0.6) is 0 Å². The Bertz CT molecular complexity index is 867. The van der Waals surface area contributed by atoms with Crippen LogP contribution in [0.3, 0.4) is 0 Å². The number of carbonyl (C=O) groups excluding carboxylic acids is 4. The number of benzene rings is 2. The standard InChI is InChI=1S/C20H21N3O5/c1-13(24)22-16-9-5-8-15(10-16)20(27)23-17(19(21)26)11-18(25)28-12-14-6-3-2-4-7-14/h2-10,17H,11-12H2,1H3,(H2,21,26)(H,22,24)(H,23,27)/t17-/m1/s1. The molecule has 0 saturated heterocycles. The third kappa shape index (κ3) is 6.56. The van der Waals surface area contributed by atoms with Crippen LogP contribution >= 0.6 is 0 Å². The van der Waals surface area contributed by atoms with Crippen molar-refractivity contribution in [3.63, 3.8) is 0 Å². The average molecular weight is 383 g/mol. The second-order valence-electron chi connectivity index (χ2n) is 6.04.